The highest BCUT2D eigenvalue weighted by atomic mass is 127. The molecule has 0 saturated heterocycles. The summed E-state index contributed by atoms with van der Waals surface area (Å²) < 4.78 is 52.0. The normalized spacial score (nSPS) is 11.3. The van der Waals surface area contributed by atoms with Crippen molar-refractivity contribution < 1.29 is 27.4 Å². The molecule has 1 aromatic heterocycles. The van der Waals surface area contributed by atoms with E-state index >= 15 is 0 Å². The van der Waals surface area contributed by atoms with Crippen LogP contribution in [-0.4, -0.2) is 44.5 Å². The third-order valence-electron chi connectivity index (χ3n) is 3.59. The molecule has 0 aliphatic rings. The summed E-state index contributed by atoms with van der Waals surface area (Å²) in [4.78, 5) is 8.23. The van der Waals surface area contributed by atoms with Gasteiger partial charge in [0.05, 0.1) is 20.8 Å². The Bertz CT molecular complexity index is 835. The highest BCUT2D eigenvalue weighted by Gasteiger charge is 2.28. The minimum absolute atomic E-state index is 0. The number of guanidine groups is 1. The van der Waals surface area contributed by atoms with Gasteiger partial charge in [0.2, 0.25) is 5.88 Å². The number of ether oxygens (including phenoxy) is 3. The zero-order chi connectivity index (χ0) is 21.3. The number of methoxy groups -OCH3 is 2. The number of aliphatic imine (C=N–C) groups is 1. The van der Waals surface area contributed by atoms with E-state index in [0.717, 1.165) is 5.69 Å². The van der Waals surface area contributed by atoms with Gasteiger partial charge in [0.1, 0.15) is 0 Å². The van der Waals surface area contributed by atoms with Gasteiger partial charge in [0, 0.05) is 30.6 Å². The van der Waals surface area contributed by atoms with Crippen molar-refractivity contribution in [3.63, 3.8) is 0 Å². The third-order valence-corrected chi connectivity index (χ3v) is 3.59. The Morgan fingerprint density at radius 2 is 1.83 bits per heavy atom. The number of anilines is 1. The van der Waals surface area contributed by atoms with Crippen LogP contribution in [0.15, 0.2) is 41.5 Å². The van der Waals surface area contributed by atoms with E-state index in [1.54, 1.807) is 32.4 Å². The molecule has 0 aliphatic carbocycles. The molecule has 0 amide bonds. The molecular formula is C19H24F3IN4O3. The number of aromatic nitrogens is 1. The average molecular weight is 540 g/mol. The maximum atomic E-state index is 12.3. The van der Waals surface area contributed by atoms with Crippen molar-refractivity contribution >= 4 is 35.6 Å². The van der Waals surface area contributed by atoms with Crippen LogP contribution in [0.25, 0.3) is 0 Å². The van der Waals surface area contributed by atoms with E-state index in [1.807, 2.05) is 13.0 Å². The monoisotopic (exact) mass is 540 g/mol. The van der Waals surface area contributed by atoms with Gasteiger partial charge in [-0.1, -0.05) is 0 Å². The molecule has 0 atom stereocenters. The zero-order valence-corrected chi connectivity index (χ0v) is 19.1. The summed E-state index contributed by atoms with van der Waals surface area (Å²) >= 11 is 0. The van der Waals surface area contributed by atoms with Gasteiger partial charge in [-0.15, -0.1) is 24.0 Å². The minimum Gasteiger partial charge on any atom is -0.493 e. The molecule has 7 nitrogen and oxygen atoms in total. The van der Waals surface area contributed by atoms with Crippen molar-refractivity contribution in [1.82, 2.24) is 10.3 Å². The molecule has 0 fully saturated rings. The summed E-state index contributed by atoms with van der Waals surface area (Å²) in [6, 6.07) is 8.42. The van der Waals surface area contributed by atoms with Crippen LogP contribution >= 0.6 is 24.0 Å². The Balaban J connectivity index is 0.00000450. The van der Waals surface area contributed by atoms with Crippen LogP contribution in [-0.2, 0) is 6.54 Å². The van der Waals surface area contributed by atoms with E-state index in [0.29, 0.717) is 29.6 Å². The maximum absolute atomic E-state index is 12.3. The maximum Gasteiger partial charge on any atom is 0.422 e. The summed E-state index contributed by atoms with van der Waals surface area (Å²) in [7, 11) is 3.10. The van der Waals surface area contributed by atoms with E-state index < -0.39 is 12.8 Å². The van der Waals surface area contributed by atoms with Gasteiger partial charge in [-0.3, -0.25) is 0 Å². The van der Waals surface area contributed by atoms with E-state index in [2.05, 4.69) is 25.3 Å². The molecule has 1 aromatic carbocycles. The molecule has 0 bridgehead atoms. The van der Waals surface area contributed by atoms with E-state index in [1.165, 1.54) is 12.3 Å². The first-order chi connectivity index (χ1) is 13.8. The average Bonchev–Trinajstić information content (AvgIpc) is 2.70. The van der Waals surface area contributed by atoms with Crippen LogP contribution in [0.3, 0.4) is 0 Å². The van der Waals surface area contributed by atoms with Crippen LogP contribution in [0.5, 0.6) is 17.4 Å². The molecular weight excluding hydrogens is 516 g/mol. The highest BCUT2D eigenvalue weighted by molar-refractivity contribution is 14.0. The van der Waals surface area contributed by atoms with Crippen LogP contribution in [0.4, 0.5) is 18.9 Å². The van der Waals surface area contributed by atoms with Gasteiger partial charge < -0.3 is 24.8 Å². The fraction of sp³-hybridized carbons (Fsp3) is 0.368. The van der Waals surface area contributed by atoms with Gasteiger partial charge >= 0.3 is 6.18 Å². The molecule has 0 saturated carbocycles. The molecule has 2 aromatic rings. The van der Waals surface area contributed by atoms with Gasteiger partial charge in [-0.05, 0) is 30.7 Å². The summed E-state index contributed by atoms with van der Waals surface area (Å²) in [5.74, 6) is 1.55. The smallest absolute Gasteiger partial charge is 0.422 e. The molecule has 0 unspecified atom stereocenters. The number of nitrogens with one attached hydrogen (secondary N) is 2. The molecule has 30 heavy (non-hydrogen) atoms. The van der Waals surface area contributed by atoms with E-state index in [4.69, 9.17) is 9.47 Å². The third kappa shape index (κ3) is 8.51. The fourth-order valence-corrected chi connectivity index (χ4v) is 2.31. The SMILES string of the molecule is CCNC(=NCc1ccnc(OCC(F)(F)F)c1)Nc1ccc(OC)c(OC)c1.I. The largest absolute Gasteiger partial charge is 0.493 e. The first-order valence-corrected chi connectivity index (χ1v) is 8.76. The second kappa shape index (κ2) is 12.3. The number of nitrogens with zero attached hydrogens (tertiary/aromatic N) is 2. The quantitative estimate of drug-likeness (QED) is 0.297. The lowest BCUT2D eigenvalue weighted by Gasteiger charge is -2.14. The Kier molecular flexibility index (Phi) is 10.5. The number of halogens is 4. The molecule has 2 N–H and O–H groups in total. The molecule has 1 heterocycles. The second-order valence-corrected chi connectivity index (χ2v) is 5.80. The van der Waals surface area contributed by atoms with Crippen LogP contribution in [0, 0.1) is 0 Å². The number of alkyl halides is 3. The highest BCUT2D eigenvalue weighted by Crippen LogP contribution is 2.29. The number of hydrogen-bond acceptors (Lipinski definition) is 5. The van der Waals surface area contributed by atoms with Crippen molar-refractivity contribution in [2.75, 3.05) is 32.7 Å². The predicted octanol–water partition coefficient (Wildman–Crippen LogP) is 4.24. The molecule has 2 rings (SSSR count). The molecule has 0 radical (unpaired) electrons. The molecule has 0 aliphatic heterocycles. The lowest BCUT2D eigenvalue weighted by atomic mass is 10.2. The summed E-state index contributed by atoms with van der Waals surface area (Å²) in [6.07, 6.45) is -3.04. The predicted molar refractivity (Wildman–Crippen MR) is 119 cm³/mol. The lowest BCUT2D eigenvalue weighted by molar-refractivity contribution is -0.154. The van der Waals surface area contributed by atoms with Crippen LogP contribution < -0.4 is 24.8 Å². The minimum atomic E-state index is -4.42. The van der Waals surface area contributed by atoms with Crippen LogP contribution in [0.2, 0.25) is 0 Å². The Morgan fingerprint density at radius 1 is 1.10 bits per heavy atom. The molecule has 0 spiro atoms. The standard InChI is InChI=1S/C19H23F3N4O3.HI/c1-4-23-18(26-14-5-6-15(27-2)16(10-14)28-3)25-11-13-7-8-24-17(9-13)29-12-19(20,21)22;/h5-10H,4,11-12H2,1-3H3,(H2,23,25,26);1H. The van der Waals surface area contributed by atoms with Crippen molar-refractivity contribution in [3.05, 3.63) is 42.1 Å². The van der Waals surface area contributed by atoms with Crippen molar-refractivity contribution in [2.45, 2.75) is 19.6 Å². The van der Waals surface area contributed by atoms with Gasteiger partial charge in [0.15, 0.2) is 24.1 Å². The summed E-state index contributed by atoms with van der Waals surface area (Å²) in [5, 5.41) is 6.24. The number of rotatable bonds is 8. The fourth-order valence-electron chi connectivity index (χ4n) is 2.31. The molecule has 11 heteroatoms. The number of hydrogen-bond donors (Lipinski definition) is 2. The summed E-state index contributed by atoms with van der Waals surface area (Å²) in [5.41, 5.74) is 1.38. The van der Waals surface area contributed by atoms with E-state index in [9.17, 15) is 13.2 Å². The number of pyridine rings is 1. The Labute approximate surface area is 190 Å². The number of benzene rings is 1. The van der Waals surface area contributed by atoms with Gasteiger partial charge in [0.25, 0.3) is 0 Å². The summed E-state index contributed by atoms with van der Waals surface area (Å²) in [6.45, 7) is 1.36. The van der Waals surface area contributed by atoms with Crippen molar-refractivity contribution in [1.29, 1.82) is 0 Å². The Hall–Kier alpha value is -2.44. The zero-order valence-electron chi connectivity index (χ0n) is 16.7. The lowest BCUT2D eigenvalue weighted by Crippen LogP contribution is -2.30. The second-order valence-electron chi connectivity index (χ2n) is 5.80. The van der Waals surface area contributed by atoms with Crippen LogP contribution in [0.1, 0.15) is 12.5 Å². The van der Waals surface area contributed by atoms with Crippen molar-refractivity contribution in [2.24, 2.45) is 4.99 Å². The van der Waals surface area contributed by atoms with Crippen molar-refractivity contribution in [3.8, 4) is 17.4 Å². The topological polar surface area (TPSA) is 77.0 Å². The van der Waals surface area contributed by atoms with Gasteiger partial charge in [-0.25, -0.2) is 9.98 Å². The van der Waals surface area contributed by atoms with E-state index in [-0.39, 0.29) is 36.4 Å². The van der Waals surface area contributed by atoms with Gasteiger partial charge in [-0.2, -0.15) is 13.2 Å². The first kappa shape index (κ1) is 25.6. The Morgan fingerprint density at radius 3 is 2.47 bits per heavy atom. The first-order valence-electron chi connectivity index (χ1n) is 8.76. The molecule has 166 valence electrons.